The highest BCUT2D eigenvalue weighted by molar-refractivity contribution is 6.43. The molecular weight excluding hydrogens is 529 g/mol. The Labute approximate surface area is 250 Å². The van der Waals surface area contributed by atoms with Gasteiger partial charge < -0.3 is 30.7 Å². The average molecular weight is 574 g/mol. The van der Waals surface area contributed by atoms with E-state index in [4.69, 9.17) is 4.74 Å². The third-order valence-corrected chi connectivity index (χ3v) is 6.98. The summed E-state index contributed by atoms with van der Waals surface area (Å²) in [6.07, 6.45) is 1.16. The Hall–Kier alpha value is -3.82. The first-order valence-electron chi connectivity index (χ1n) is 14.6. The third-order valence-electron chi connectivity index (χ3n) is 6.98. The quantitative estimate of drug-likeness (QED) is 0.171. The summed E-state index contributed by atoms with van der Waals surface area (Å²) in [6, 6.07) is 23.9. The molecular formula is C33H44BN3O5. The number of carbonyl (C=O) groups is 2. The molecule has 5 N–H and O–H groups in total. The minimum absolute atomic E-state index is 0.110. The van der Waals surface area contributed by atoms with Crippen LogP contribution in [0.5, 0.6) is 5.75 Å². The Bertz CT molecular complexity index is 1270. The van der Waals surface area contributed by atoms with Crippen LogP contribution in [0.2, 0.25) is 0 Å². The van der Waals surface area contributed by atoms with Crippen LogP contribution in [-0.4, -0.2) is 54.1 Å². The molecule has 3 unspecified atom stereocenters. The number of anilines is 1. The molecule has 0 aromatic heterocycles. The summed E-state index contributed by atoms with van der Waals surface area (Å²) in [5.41, 5.74) is 3.77. The van der Waals surface area contributed by atoms with Crippen molar-refractivity contribution in [2.45, 2.75) is 65.0 Å². The van der Waals surface area contributed by atoms with Gasteiger partial charge in [-0.15, -0.1) is 0 Å². The van der Waals surface area contributed by atoms with Crippen LogP contribution in [0, 0.1) is 11.8 Å². The number of hydrogen-bond donors (Lipinski definition) is 5. The van der Waals surface area contributed by atoms with E-state index < -0.39 is 31.1 Å². The summed E-state index contributed by atoms with van der Waals surface area (Å²) in [7, 11) is -0.0957. The van der Waals surface area contributed by atoms with Gasteiger partial charge in [-0.05, 0) is 65.6 Å². The van der Waals surface area contributed by atoms with Crippen LogP contribution < -0.4 is 20.7 Å². The van der Waals surface area contributed by atoms with E-state index in [2.05, 4.69) is 16.0 Å². The number of methoxy groups -OCH3 is 1. The van der Waals surface area contributed by atoms with Crippen molar-refractivity contribution >= 4 is 24.6 Å². The molecule has 224 valence electrons. The molecule has 0 aliphatic rings. The fourth-order valence-electron chi connectivity index (χ4n) is 4.85. The fourth-order valence-corrected chi connectivity index (χ4v) is 4.85. The van der Waals surface area contributed by atoms with Crippen LogP contribution in [0.4, 0.5) is 5.69 Å². The second-order valence-corrected chi connectivity index (χ2v) is 11.5. The van der Waals surface area contributed by atoms with E-state index >= 15 is 0 Å². The molecule has 0 aliphatic carbocycles. The highest BCUT2D eigenvalue weighted by Gasteiger charge is 2.31. The Kier molecular flexibility index (Phi) is 12.4. The van der Waals surface area contributed by atoms with Gasteiger partial charge in [0, 0.05) is 12.1 Å². The molecule has 42 heavy (non-hydrogen) atoms. The summed E-state index contributed by atoms with van der Waals surface area (Å²) in [5.74, 6) is -0.636. The normalized spacial score (nSPS) is 13.3. The maximum absolute atomic E-state index is 13.8. The summed E-state index contributed by atoms with van der Waals surface area (Å²) in [4.78, 5) is 27.2. The van der Waals surface area contributed by atoms with Crippen molar-refractivity contribution in [2.24, 2.45) is 11.8 Å². The van der Waals surface area contributed by atoms with Crippen molar-refractivity contribution < 1.29 is 24.4 Å². The van der Waals surface area contributed by atoms with Gasteiger partial charge in [0.25, 0.3) is 0 Å². The van der Waals surface area contributed by atoms with Gasteiger partial charge >= 0.3 is 7.12 Å². The van der Waals surface area contributed by atoms with Crippen LogP contribution in [0.25, 0.3) is 11.1 Å². The molecule has 0 aliphatic heterocycles. The van der Waals surface area contributed by atoms with Gasteiger partial charge in [-0.3, -0.25) is 9.59 Å². The van der Waals surface area contributed by atoms with Crippen molar-refractivity contribution in [3.63, 3.8) is 0 Å². The molecule has 2 amide bonds. The standard InChI is InChI=1S/C33H44BN3O5/c1-22(2)18-29(33(39)37-31(34(40)41)19-23(3)4)36-32(38)30(20-24-14-16-28(42-5)17-15-24)35-27-13-9-12-26(21-27)25-10-7-6-8-11-25/h6-17,21-23,29-31,35,40-41H,18-20H2,1-5H3,(H,36,38)(H,37,39). The maximum Gasteiger partial charge on any atom is 0.475 e. The van der Waals surface area contributed by atoms with E-state index in [0.717, 1.165) is 28.1 Å². The third kappa shape index (κ3) is 10.2. The second-order valence-electron chi connectivity index (χ2n) is 11.5. The highest BCUT2D eigenvalue weighted by atomic mass is 16.5. The number of carbonyl (C=O) groups excluding carboxylic acids is 2. The highest BCUT2D eigenvalue weighted by Crippen LogP contribution is 2.24. The van der Waals surface area contributed by atoms with E-state index in [1.165, 1.54) is 0 Å². The first-order chi connectivity index (χ1) is 20.0. The monoisotopic (exact) mass is 573 g/mol. The lowest BCUT2D eigenvalue weighted by Crippen LogP contribution is -2.56. The minimum atomic E-state index is -1.70. The fraction of sp³-hybridized carbons (Fsp3) is 0.394. The lowest BCUT2D eigenvalue weighted by molar-refractivity contribution is -0.130. The Morgan fingerprint density at radius 3 is 1.98 bits per heavy atom. The molecule has 3 atom stereocenters. The molecule has 0 fully saturated rings. The summed E-state index contributed by atoms with van der Waals surface area (Å²) < 4.78 is 5.29. The molecule has 8 nitrogen and oxygen atoms in total. The molecule has 0 saturated carbocycles. The summed E-state index contributed by atoms with van der Waals surface area (Å²) in [6.45, 7) is 7.83. The van der Waals surface area contributed by atoms with Crippen molar-refractivity contribution in [1.82, 2.24) is 10.6 Å². The Balaban J connectivity index is 1.86. The largest absolute Gasteiger partial charge is 0.497 e. The van der Waals surface area contributed by atoms with Crippen LogP contribution in [-0.2, 0) is 16.0 Å². The molecule has 0 spiro atoms. The molecule has 0 heterocycles. The van der Waals surface area contributed by atoms with Crippen LogP contribution in [0.3, 0.4) is 0 Å². The first kappa shape index (κ1) is 32.7. The zero-order valence-electron chi connectivity index (χ0n) is 25.2. The number of benzene rings is 3. The summed E-state index contributed by atoms with van der Waals surface area (Å²) >= 11 is 0. The zero-order chi connectivity index (χ0) is 30.6. The molecule has 0 radical (unpaired) electrons. The van der Waals surface area contributed by atoms with Gasteiger partial charge in [0.15, 0.2) is 0 Å². The summed E-state index contributed by atoms with van der Waals surface area (Å²) in [5, 5.41) is 28.8. The van der Waals surface area contributed by atoms with Gasteiger partial charge in [-0.2, -0.15) is 0 Å². The zero-order valence-corrected chi connectivity index (χ0v) is 25.2. The van der Waals surface area contributed by atoms with Crippen molar-refractivity contribution in [3.05, 3.63) is 84.4 Å². The molecule has 3 aromatic rings. The van der Waals surface area contributed by atoms with Gasteiger partial charge in [-0.1, -0.05) is 82.3 Å². The van der Waals surface area contributed by atoms with Crippen LogP contribution >= 0.6 is 0 Å². The maximum atomic E-state index is 13.8. The number of rotatable bonds is 15. The predicted octanol–water partition coefficient (Wildman–Crippen LogP) is 4.46. The molecule has 3 aromatic carbocycles. The lowest BCUT2D eigenvalue weighted by Gasteiger charge is -2.27. The number of amides is 2. The second kappa shape index (κ2) is 16.0. The molecule has 9 heteroatoms. The number of ether oxygens (including phenoxy) is 1. The predicted molar refractivity (Wildman–Crippen MR) is 169 cm³/mol. The van der Waals surface area contributed by atoms with Crippen molar-refractivity contribution in [3.8, 4) is 16.9 Å². The van der Waals surface area contributed by atoms with E-state index in [9.17, 15) is 19.6 Å². The van der Waals surface area contributed by atoms with Gasteiger partial charge in [0.05, 0.1) is 13.1 Å². The number of hydrogen-bond acceptors (Lipinski definition) is 6. The van der Waals surface area contributed by atoms with Gasteiger partial charge in [0.1, 0.15) is 17.8 Å². The van der Waals surface area contributed by atoms with E-state index in [0.29, 0.717) is 19.3 Å². The van der Waals surface area contributed by atoms with Crippen molar-refractivity contribution in [1.29, 1.82) is 0 Å². The van der Waals surface area contributed by atoms with Gasteiger partial charge in [0.2, 0.25) is 11.8 Å². The van der Waals surface area contributed by atoms with Crippen molar-refractivity contribution in [2.75, 3.05) is 12.4 Å². The molecule has 0 bridgehead atoms. The van der Waals surface area contributed by atoms with Gasteiger partial charge in [-0.25, -0.2) is 0 Å². The molecule has 3 rings (SSSR count). The Morgan fingerprint density at radius 1 is 0.762 bits per heavy atom. The van der Waals surface area contributed by atoms with E-state index in [1.807, 2.05) is 107 Å². The first-order valence-corrected chi connectivity index (χ1v) is 14.6. The van der Waals surface area contributed by atoms with E-state index in [1.54, 1.807) is 7.11 Å². The van der Waals surface area contributed by atoms with Crippen LogP contribution in [0.1, 0.15) is 46.1 Å². The van der Waals surface area contributed by atoms with E-state index in [-0.39, 0.29) is 17.7 Å². The SMILES string of the molecule is COc1ccc(CC(Nc2cccc(-c3ccccc3)c2)C(=O)NC(CC(C)C)C(=O)NC(CC(C)C)B(O)O)cc1. The minimum Gasteiger partial charge on any atom is -0.497 e. The lowest BCUT2D eigenvalue weighted by atomic mass is 9.75. The van der Waals surface area contributed by atoms with Crippen LogP contribution in [0.15, 0.2) is 78.9 Å². The smallest absolute Gasteiger partial charge is 0.475 e. The topological polar surface area (TPSA) is 120 Å². The molecule has 0 saturated heterocycles. The Morgan fingerprint density at radius 2 is 1.38 bits per heavy atom. The number of nitrogens with one attached hydrogen (secondary N) is 3. The average Bonchev–Trinajstić information content (AvgIpc) is 2.96.